The molecular weight excluding hydrogens is 471 g/mol. The Morgan fingerprint density at radius 1 is 1.13 bits per heavy atom. The van der Waals surface area contributed by atoms with E-state index in [0.717, 1.165) is 35.7 Å². The Morgan fingerprint density at radius 3 is 2.47 bits per heavy atom. The average Bonchev–Trinajstić information content (AvgIpc) is 2.75. The molecule has 0 unspecified atom stereocenters. The van der Waals surface area contributed by atoms with Gasteiger partial charge < -0.3 is 10.2 Å². The lowest BCUT2D eigenvalue weighted by Crippen LogP contribution is -2.47. The first-order chi connectivity index (χ1) is 14.5. The van der Waals surface area contributed by atoms with Gasteiger partial charge in [0.2, 0.25) is 11.8 Å². The van der Waals surface area contributed by atoms with E-state index in [1.807, 2.05) is 24.3 Å². The fraction of sp³-hybridized carbons (Fsp3) is 0.391. The highest BCUT2D eigenvalue weighted by molar-refractivity contribution is 9.10. The molecule has 0 saturated heterocycles. The van der Waals surface area contributed by atoms with Crippen LogP contribution in [-0.2, 0) is 16.1 Å². The van der Waals surface area contributed by atoms with E-state index in [2.05, 4.69) is 21.2 Å². The summed E-state index contributed by atoms with van der Waals surface area (Å²) in [7, 11) is 0. The number of benzene rings is 2. The second-order valence-corrected chi connectivity index (χ2v) is 8.77. The van der Waals surface area contributed by atoms with E-state index in [1.54, 1.807) is 12.1 Å². The first-order valence-electron chi connectivity index (χ1n) is 10.1. The molecule has 1 fully saturated rings. The van der Waals surface area contributed by atoms with Crippen molar-refractivity contribution in [3.8, 4) is 0 Å². The average molecular weight is 496 g/mol. The van der Waals surface area contributed by atoms with E-state index < -0.39 is 6.04 Å². The van der Waals surface area contributed by atoms with Gasteiger partial charge in [0.1, 0.15) is 17.7 Å². The van der Waals surface area contributed by atoms with Crippen molar-refractivity contribution < 1.29 is 14.0 Å². The molecule has 1 saturated carbocycles. The molecule has 2 amide bonds. The van der Waals surface area contributed by atoms with Gasteiger partial charge in [0.25, 0.3) is 0 Å². The van der Waals surface area contributed by atoms with Crippen LogP contribution in [0, 0.1) is 5.82 Å². The minimum atomic E-state index is -0.833. The largest absolute Gasteiger partial charge is 0.351 e. The highest BCUT2D eigenvalue weighted by Crippen LogP contribution is 2.28. The van der Waals surface area contributed by atoms with Crippen molar-refractivity contribution in [1.82, 2.24) is 10.2 Å². The van der Waals surface area contributed by atoms with Crippen LogP contribution in [0.2, 0.25) is 0 Å². The third-order valence-electron chi connectivity index (χ3n) is 5.38. The summed E-state index contributed by atoms with van der Waals surface area (Å²) in [4.78, 5) is 27.7. The number of nitrogens with one attached hydrogen (secondary N) is 1. The van der Waals surface area contributed by atoms with Crippen LogP contribution in [0.5, 0.6) is 0 Å². The topological polar surface area (TPSA) is 49.4 Å². The summed E-state index contributed by atoms with van der Waals surface area (Å²) >= 11 is 9.36. The van der Waals surface area contributed by atoms with Gasteiger partial charge in [-0.05, 0) is 48.2 Å². The summed E-state index contributed by atoms with van der Waals surface area (Å²) in [6.07, 6.45) is 5.25. The van der Waals surface area contributed by atoms with Crippen molar-refractivity contribution in [1.29, 1.82) is 0 Å². The van der Waals surface area contributed by atoms with Gasteiger partial charge in [-0.2, -0.15) is 0 Å². The van der Waals surface area contributed by atoms with Crippen LogP contribution in [0.15, 0.2) is 53.0 Å². The zero-order valence-corrected chi connectivity index (χ0v) is 19.0. The second kappa shape index (κ2) is 10.9. The highest BCUT2D eigenvalue weighted by atomic mass is 79.9. The lowest BCUT2D eigenvalue weighted by Gasteiger charge is -2.33. The Bertz CT molecular complexity index is 872. The van der Waals surface area contributed by atoms with Crippen molar-refractivity contribution in [2.75, 3.05) is 5.88 Å². The molecule has 3 rings (SSSR count). The third kappa shape index (κ3) is 6.05. The Kier molecular flexibility index (Phi) is 8.28. The SMILES string of the molecule is O=C(NC1CCCCC1)[C@H](c1cccc(Br)c1)N(Cc1ccc(F)cc1)C(=O)CCl. The van der Waals surface area contributed by atoms with Crippen molar-refractivity contribution in [2.45, 2.75) is 50.7 Å². The van der Waals surface area contributed by atoms with Crippen LogP contribution in [0.25, 0.3) is 0 Å². The Morgan fingerprint density at radius 2 is 1.83 bits per heavy atom. The minimum Gasteiger partial charge on any atom is -0.351 e. The molecule has 4 nitrogen and oxygen atoms in total. The Hall–Kier alpha value is -1.92. The molecular formula is C23H25BrClFN2O2. The normalized spacial score (nSPS) is 15.4. The monoisotopic (exact) mass is 494 g/mol. The first-order valence-corrected chi connectivity index (χ1v) is 11.5. The van der Waals surface area contributed by atoms with Gasteiger partial charge in [-0.15, -0.1) is 11.6 Å². The van der Waals surface area contributed by atoms with E-state index >= 15 is 0 Å². The van der Waals surface area contributed by atoms with Crippen LogP contribution in [-0.4, -0.2) is 28.6 Å². The van der Waals surface area contributed by atoms with Gasteiger partial charge in [-0.25, -0.2) is 4.39 Å². The number of hydrogen-bond acceptors (Lipinski definition) is 2. The predicted molar refractivity (Wildman–Crippen MR) is 120 cm³/mol. The number of rotatable bonds is 7. The minimum absolute atomic E-state index is 0.111. The maximum atomic E-state index is 13.4. The Balaban J connectivity index is 1.94. The first kappa shape index (κ1) is 22.8. The molecule has 160 valence electrons. The number of nitrogens with zero attached hydrogens (tertiary/aromatic N) is 1. The number of carbonyl (C=O) groups is 2. The Labute approximate surface area is 189 Å². The molecule has 0 radical (unpaired) electrons. The number of alkyl halides is 1. The van der Waals surface area contributed by atoms with E-state index in [4.69, 9.17) is 11.6 Å². The zero-order chi connectivity index (χ0) is 21.5. The maximum absolute atomic E-state index is 13.4. The van der Waals surface area contributed by atoms with Gasteiger partial charge in [0, 0.05) is 17.1 Å². The molecule has 1 N–H and O–H groups in total. The molecule has 1 aliphatic rings. The summed E-state index contributed by atoms with van der Waals surface area (Å²) in [5.41, 5.74) is 1.42. The number of carbonyl (C=O) groups excluding carboxylic acids is 2. The quantitative estimate of drug-likeness (QED) is 0.527. The van der Waals surface area contributed by atoms with Gasteiger partial charge in [0.05, 0.1) is 0 Å². The van der Waals surface area contributed by atoms with Crippen molar-refractivity contribution in [3.05, 3.63) is 69.9 Å². The molecule has 1 aliphatic carbocycles. The molecule has 0 bridgehead atoms. The van der Waals surface area contributed by atoms with E-state index in [0.29, 0.717) is 5.56 Å². The molecule has 1 atom stereocenters. The zero-order valence-electron chi connectivity index (χ0n) is 16.6. The fourth-order valence-corrected chi connectivity index (χ4v) is 4.43. The predicted octanol–water partition coefficient (Wildman–Crippen LogP) is 5.35. The number of halogens is 3. The molecule has 2 aromatic carbocycles. The van der Waals surface area contributed by atoms with Gasteiger partial charge in [-0.1, -0.05) is 59.5 Å². The molecule has 0 spiro atoms. The molecule has 2 aromatic rings. The lowest BCUT2D eigenvalue weighted by atomic mass is 9.94. The summed E-state index contributed by atoms with van der Waals surface area (Å²) in [5.74, 6) is -1.18. The molecule has 0 heterocycles. The molecule has 0 aliphatic heterocycles. The summed E-state index contributed by atoms with van der Waals surface area (Å²) in [6.45, 7) is 0.154. The van der Waals surface area contributed by atoms with Crippen molar-refractivity contribution in [3.63, 3.8) is 0 Å². The highest BCUT2D eigenvalue weighted by Gasteiger charge is 2.32. The summed E-state index contributed by atoms with van der Waals surface area (Å²) in [6, 6.07) is 12.6. The smallest absolute Gasteiger partial charge is 0.247 e. The van der Waals surface area contributed by atoms with Crippen LogP contribution in [0.1, 0.15) is 49.3 Å². The van der Waals surface area contributed by atoms with E-state index in [1.165, 1.54) is 23.5 Å². The van der Waals surface area contributed by atoms with Gasteiger partial charge in [0.15, 0.2) is 0 Å². The second-order valence-electron chi connectivity index (χ2n) is 7.58. The number of amides is 2. The van der Waals surface area contributed by atoms with Gasteiger partial charge >= 0.3 is 0 Å². The van der Waals surface area contributed by atoms with Gasteiger partial charge in [-0.3, -0.25) is 9.59 Å². The summed E-state index contributed by atoms with van der Waals surface area (Å²) in [5, 5.41) is 3.14. The molecule has 30 heavy (non-hydrogen) atoms. The van der Waals surface area contributed by atoms with Crippen LogP contribution in [0.3, 0.4) is 0 Å². The molecule has 0 aromatic heterocycles. The van der Waals surface area contributed by atoms with Crippen LogP contribution < -0.4 is 5.32 Å². The third-order valence-corrected chi connectivity index (χ3v) is 6.10. The van der Waals surface area contributed by atoms with E-state index in [9.17, 15) is 14.0 Å². The fourth-order valence-electron chi connectivity index (χ4n) is 3.86. The van der Waals surface area contributed by atoms with Crippen molar-refractivity contribution >= 4 is 39.3 Å². The number of hydrogen-bond donors (Lipinski definition) is 1. The van der Waals surface area contributed by atoms with Crippen LogP contribution >= 0.6 is 27.5 Å². The standard InChI is InChI=1S/C23H25BrClFN2O2/c24-18-6-4-5-17(13-18)22(23(30)27-20-7-2-1-3-8-20)28(21(29)14-25)15-16-9-11-19(26)12-10-16/h4-6,9-13,20,22H,1-3,7-8,14-15H2,(H,27,30)/t22-/m0/s1. The molecule has 7 heteroatoms. The maximum Gasteiger partial charge on any atom is 0.247 e. The summed E-state index contributed by atoms with van der Waals surface area (Å²) < 4.78 is 14.1. The van der Waals surface area contributed by atoms with Crippen molar-refractivity contribution in [2.24, 2.45) is 0 Å². The van der Waals surface area contributed by atoms with E-state index in [-0.39, 0.29) is 36.1 Å². The van der Waals surface area contributed by atoms with Crippen LogP contribution in [0.4, 0.5) is 4.39 Å². The lowest BCUT2D eigenvalue weighted by molar-refractivity contribution is -0.140.